The summed E-state index contributed by atoms with van der Waals surface area (Å²) in [6, 6.07) is 0. The molecule has 0 rings (SSSR count). The van der Waals surface area contributed by atoms with E-state index in [2.05, 4.69) is 32.9 Å². The zero-order valence-corrected chi connectivity index (χ0v) is 33.4. The Labute approximate surface area is 310 Å². The molecule has 0 spiro atoms. The number of ether oxygens (including phenoxy) is 3. The lowest BCUT2D eigenvalue weighted by molar-refractivity contribution is -0.167. The molecule has 294 valence electrons. The maximum Gasteiger partial charge on any atom is 0.306 e. The van der Waals surface area contributed by atoms with Crippen molar-refractivity contribution in [2.75, 3.05) is 13.2 Å². The lowest BCUT2D eigenvalue weighted by Gasteiger charge is -2.18. The molecule has 0 radical (unpaired) electrons. The summed E-state index contributed by atoms with van der Waals surface area (Å²) in [6.45, 7) is 6.56. The summed E-state index contributed by atoms with van der Waals surface area (Å²) in [4.78, 5) is 37.5. The zero-order valence-electron chi connectivity index (χ0n) is 33.4. The molecule has 0 bridgehead atoms. The van der Waals surface area contributed by atoms with Crippen molar-refractivity contribution in [2.45, 2.75) is 239 Å². The first-order valence-electron chi connectivity index (χ1n) is 21.7. The fourth-order valence-corrected chi connectivity index (χ4v) is 6.19. The molecule has 6 nitrogen and oxygen atoms in total. The van der Waals surface area contributed by atoms with Gasteiger partial charge in [0.1, 0.15) is 13.2 Å². The van der Waals surface area contributed by atoms with E-state index in [9.17, 15) is 14.4 Å². The Morgan fingerprint density at radius 2 is 0.680 bits per heavy atom. The number of unbranched alkanes of at least 4 members (excludes halogenated alkanes) is 26. The van der Waals surface area contributed by atoms with Crippen molar-refractivity contribution in [3.63, 3.8) is 0 Å². The van der Waals surface area contributed by atoms with Gasteiger partial charge in [0.25, 0.3) is 0 Å². The molecular weight excluding hydrogens is 624 g/mol. The van der Waals surface area contributed by atoms with Gasteiger partial charge in [0.05, 0.1) is 0 Å². The smallest absolute Gasteiger partial charge is 0.306 e. The van der Waals surface area contributed by atoms with Crippen molar-refractivity contribution in [2.24, 2.45) is 0 Å². The molecule has 0 saturated carbocycles. The first-order valence-corrected chi connectivity index (χ1v) is 21.7. The molecule has 0 aliphatic heterocycles. The van der Waals surface area contributed by atoms with E-state index in [0.29, 0.717) is 19.3 Å². The number of carbonyl (C=O) groups is 3. The minimum atomic E-state index is -0.765. The van der Waals surface area contributed by atoms with Gasteiger partial charge in [0.15, 0.2) is 6.10 Å². The fraction of sp³-hybridized carbons (Fsp3) is 0.886. The van der Waals surface area contributed by atoms with Crippen LogP contribution in [-0.2, 0) is 28.6 Å². The number of allylic oxidation sites excluding steroid dienone is 2. The highest BCUT2D eigenvalue weighted by molar-refractivity contribution is 5.71. The summed E-state index contributed by atoms with van der Waals surface area (Å²) in [7, 11) is 0. The summed E-state index contributed by atoms with van der Waals surface area (Å²) in [5, 5.41) is 0. The van der Waals surface area contributed by atoms with Crippen molar-refractivity contribution >= 4 is 17.9 Å². The highest BCUT2D eigenvalue weighted by atomic mass is 16.6. The van der Waals surface area contributed by atoms with E-state index in [-0.39, 0.29) is 31.1 Å². The van der Waals surface area contributed by atoms with E-state index in [1.807, 2.05) is 0 Å². The Hall–Kier alpha value is -1.85. The molecule has 1 unspecified atom stereocenters. The van der Waals surface area contributed by atoms with Gasteiger partial charge in [0.2, 0.25) is 0 Å². The minimum Gasteiger partial charge on any atom is -0.462 e. The third-order valence-electron chi connectivity index (χ3n) is 9.52. The molecule has 0 aliphatic carbocycles. The van der Waals surface area contributed by atoms with Crippen LogP contribution < -0.4 is 0 Å². The monoisotopic (exact) mass is 707 g/mol. The fourth-order valence-electron chi connectivity index (χ4n) is 6.19. The summed E-state index contributed by atoms with van der Waals surface area (Å²) in [5.41, 5.74) is 0. The third-order valence-corrected chi connectivity index (χ3v) is 9.52. The summed E-state index contributed by atoms with van der Waals surface area (Å²) >= 11 is 0. The molecule has 0 aromatic rings. The van der Waals surface area contributed by atoms with Gasteiger partial charge in [-0.2, -0.15) is 0 Å². The Morgan fingerprint density at radius 1 is 0.380 bits per heavy atom. The maximum absolute atomic E-state index is 12.6. The van der Waals surface area contributed by atoms with Crippen LogP contribution in [0.5, 0.6) is 0 Å². The molecule has 0 amide bonds. The first-order chi connectivity index (χ1) is 24.5. The molecule has 0 heterocycles. The highest BCUT2D eigenvalue weighted by Crippen LogP contribution is 2.15. The Bertz CT molecular complexity index is 778. The van der Waals surface area contributed by atoms with Gasteiger partial charge in [-0.25, -0.2) is 0 Å². The van der Waals surface area contributed by atoms with Crippen LogP contribution in [0.4, 0.5) is 0 Å². The summed E-state index contributed by atoms with van der Waals surface area (Å²) < 4.78 is 16.6. The SMILES string of the molecule is CCCC/C=C\CCCCCCC(=O)OC(COC(=O)CCCCCCCCCCC)COC(=O)CCCCCCCCCCCCCCC. The van der Waals surface area contributed by atoms with Gasteiger partial charge in [-0.3, -0.25) is 14.4 Å². The average Bonchev–Trinajstić information content (AvgIpc) is 3.11. The predicted octanol–water partition coefficient (Wildman–Crippen LogP) is 13.5. The van der Waals surface area contributed by atoms with Gasteiger partial charge in [-0.15, -0.1) is 0 Å². The molecule has 6 heteroatoms. The van der Waals surface area contributed by atoms with Gasteiger partial charge in [-0.1, -0.05) is 187 Å². The van der Waals surface area contributed by atoms with Crippen molar-refractivity contribution in [1.82, 2.24) is 0 Å². The topological polar surface area (TPSA) is 78.9 Å². The molecular formula is C44H82O6. The van der Waals surface area contributed by atoms with Crippen molar-refractivity contribution in [3.05, 3.63) is 12.2 Å². The molecule has 0 saturated heterocycles. The number of hydrogen-bond acceptors (Lipinski definition) is 6. The largest absolute Gasteiger partial charge is 0.462 e. The van der Waals surface area contributed by atoms with Crippen LogP contribution in [0.2, 0.25) is 0 Å². The standard InChI is InChI=1S/C44H82O6/c1-4-7-10-13-16-19-21-22-23-26-28-31-34-37-43(46)49-40-41(39-48-42(45)36-33-30-27-24-18-15-12-9-6-3)50-44(47)38-35-32-29-25-20-17-14-11-8-5-2/h14,17,41H,4-13,15-16,18-40H2,1-3H3/b17-14-. The van der Waals surface area contributed by atoms with Crippen LogP contribution in [-0.4, -0.2) is 37.2 Å². The van der Waals surface area contributed by atoms with Crippen LogP contribution >= 0.6 is 0 Å². The Balaban J connectivity index is 4.33. The Kier molecular flexibility index (Phi) is 38.5. The highest BCUT2D eigenvalue weighted by Gasteiger charge is 2.19. The van der Waals surface area contributed by atoms with Crippen molar-refractivity contribution in [3.8, 4) is 0 Å². The van der Waals surface area contributed by atoms with Crippen LogP contribution in [0.25, 0.3) is 0 Å². The number of carbonyl (C=O) groups excluding carboxylic acids is 3. The molecule has 0 N–H and O–H groups in total. The minimum absolute atomic E-state index is 0.0707. The third kappa shape index (κ3) is 37.4. The van der Waals surface area contributed by atoms with Gasteiger partial charge >= 0.3 is 17.9 Å². The maximum atomic E-state index is 12.6. The van der Waals surface area contributed by atoms with Crippen molar-refractivity contribution < 1.29 is 28.6 Å². The van der Waals surface area contributed by atoms with Gasteiger partial charge in [0, 0.05) is 19.3 Å². The molecule has 0 aromatic carbocycles. The zero-order chi connectivity index (χ0) is 36.6. The number of hydrogen-bond donors (Lipinski definition) is 0. The molecule has 50 heavy (non-hydrogen) atoms. The van der Waals surface area contributed by atoms with Gasteiger partial charge in [-0.05, 0) is 38.5 Å². The van der Waals surface area contributed by atoms with Crippen molar-refractivity contribution in [1.29, 1.82) is 0 Å². The lowest BCUT2D eigenvalue weighted by atomic mass is 10.0. The molecule has 0 fully saturated rings. The lowest BCUT2D eigenvalue weighted by Crippen LogP contribution is -2.30. The second-order valence-electron chi connectivity index (χ2n) is 14.6. The number of rotatable bonds is 39. The van der Waals surface area contributed by atoms with Gasteiger partial charge < -0.3 is 14.2 Å². The van der Waals surface area contributed by atoms with E-state index in [0.717, 1.165) is 77.0 Å². The van der Waals surface area contributed by atoms with Crippen LogP contribution in [0, 0.1) is 0 Å². The molecule has 0 aromatic heterocycles. The normalized spacial score (nSPS) is 12.0. The second-order valence-corrected chi connectivity index (χ2v) is 14.6. The second kappa shape index (κ2) is 39.9. The van der Waals surface area contributed by atoms with E-state index < -0.39 is 6.10 Å². The predicted molar refractivity (Wildman–Crippen MR) is 210 cm³/mol. The van der Waals surface area contributed by atoms with E-state index in [4.69, 9.17) is 14.2 Å². The number of esters is 3. The summed E-state index contributed by atoms with van der Waals surface area (Å²) in [6.07, 6.45) is 40.5. The first kappa shape index (κ1) is 48.1. The quantitative estimate of drug-likeness (QED) is 0.0274. The Morgan fingerprint density at radius 3 is 1.06 bits per heavy atom. The van der Waals surface area contributed by atoms with Crippen LogP contribution in [0.15, 0.2) is 12.2 Å². The van der Waals surface area contributed by atoms with Crippen LogP contribution in [0.3, 0.4) is 0 Å². The van der Waals surface area contributed by atoms with E-state index in [1.165, 1.54) is 116 Å². The van der Waals surface area contributed by atoms with E-state index in [1.54, 1.807) is 0 Å². The molecule has 0 aliphatic rings. The molecule has 1 atom stereocenters. The summed E-state index contributed by atoms with van der Waals surface area (Å²) in [5.74, 6) is -0.882. The average molecular weight is 707 g/mol. The van der Waals surface area contributed by atoms with E-state index >= 15 is 0 Å². The van der Waals surface area contributed by atoms with Crippen LogP contribution in [0.1, 0.15) is 233 Å².